The fourth-order valence-electron chi connectivity index (χ4n) is 6.30. The quantitative estimate of drug-likeness (QED) is 0.641. The molecule has 3 fully saturated rings. The van der Waals surface area contributed by atoms with Gasteiger partial charge in [-0.3, -0.25) is 4.68 Å². The first-order chi connectivity index (χ1) is 16.1. The number of anilines is 1. The number of hydrogen-bond acceptors (Lipinski definition) is 6. The van der Waals surface area contributed by atoms with Gasteiger partial charge in [0.2, 0.25) is 0 Å². The Morgan fingerprint density at radius 3 is 2.61 bits per heavy atom. The Hall–Kier alpha value is -2.51. The first-order valence-electron chi connectivity index (χ1n) is 12.5. The Bertz CT molecular complexity index is 1120. The van der Waals surface area contributed by atoms with E-state index in [0.717, 1.165) is 64.5 Å². The van der Waals surface area contributed by atoms with Crippen LogP contribution in [0.15, 0.2) is 30.5 Å². The van der Waals surface area contributed by atoms with Gasteiger partial charge in [-0.05, 0) is 74.1 Å². The summed E-state index contributed by atoms with van der Waals surface area (Å²) < 4.78 is 7.38. The number of aromatic nitrogens is 4. The van der Waals surface area contributed by atoms with Gasteiger partial charge in [0.05, 0.1) is 11.2 Å². The van der Waals surface area contributed by atoms with Crippen LogP contribution in [-0.4, -0.2) is 63.8 Å². The number of likely N-dealkylation sites (tertiary alicyclic amines) is 1. The molecule has 0 amide bonds. The normalized spacial score (nSPS) is 24.5. The zero-order valence-corrected chi connectivity index (χ0v) is 19.7. The van der Waals surface area contributed by atoms with Crippen molar-refractivity contribution in [2.24, 2.45) is 24.8 Å². The van der Waals surface area contributed by atoms with E-state index in [9.17, 15) is 0 Å². The maximum atomic E-state index is 5.53. The van der Waals surface area contributed by atoms with Crippen LogP contribution in [0.4, 0.5) is 5.82 Å². The smallest absolute Gasteiger partial charge is 0.149 e. The zero-order chi connectivity index (χ0) is 22.4. The largest absolute Gasteiger partial charge is 0.381 e. The van der Waals surface area contributed by atoms with Crippen LogP contribution in [0, 0.1) is 24.7 Å². The maximum Gasteiger partial charge on any atom is 0.149 e. The number of aryl methyl sites for hydroxylation is 2. The molecular formula is C26H34N6O. The highest BCUT2D eigenvalue weighted by Gasteiger charge is 2.41. The first kappa shape index (κ1) is 21.1. The van der Waals surface area contributed by atoms with Gasteiger partial charge in [-0.2, -0.15) is 5.10 Å². The lowest BCUT2D eigenvalue weighted by molar-refractivity contribution is 0.0545. The van der Waals surface area contributed by atoms with E-state index in [1.165, 1.54) is 45.3 Å². The van der Waals surface area contributed by atoms with E-state index >= 15 is 0 Å². The molecule has 0 unspecified atom stereocenters. The summed E-state index contributed by atoms with van der Waals surface area (Å²) in [6, 6.07) is 8.96. The average molecular weight is 447 g/mol. The molecular weight excluding hydrogens is 412 g/mol. The molecule has 0 bridgehead atoms. The van der Waals surface area contributed by atoms with Crippen LogP contribution in [0.2, 0.25) is 0 Å². The van der Waals surface area contributed by atoms with Gasteiger partial charge in [0.25, 0.3) is 0 Å². The second kappa shape index (κ2) is 8.69. The van der Waals surface area contributed by atoms with Gasteiger partial charge in [0.15, 0.2) is 0 Å². The standard InChI is InChI=1S/C26H34N6O/c1-17-9-25(28-29-26(17)19-3-4-24-22(10-19)14-31(2)30-24)27-23-11-20-15-32(16-21(20)12-23)13-18-5-7-33-8-6-18/h3-4,9-10,14,18,20-21,23H,5-8,11-13,15-16H2,1-2H3,(H,27,28)/t20-,21-/m1/s1. The predicted molar refractivity (Wildman–Crippen MR) is 130 cm³/mol. The average Bonchev–Trinajstić information content (AvgIpc) is 3.46. The van der Waals surface area contributed by atoms with Crippen LogP contribution in [0.3, 0.4) is 0 Å². The second-order valence-corrected chi connectivity index (χ2v) is 10.4. The number of nitrogens with zero attached hydrogens (tertiary/aromatic N) is 5. The second-order valence-electron chi connectivity index (χ2n) is 10.4. The molecule has 0 radical (unpaired) electrons. The number of nitrogens with one attached hydrogen (secondary N) is 1. The Balaban J connectivity index is 1.07. The minimum atomic E-state index is 0.511. The molecule has 7 heteroatoms. The molecule has 1 saturated carbocycles. The third-order valence-corrected chi connectivity index (χ3v) is 7.91. The fourth-order valence-corrected chi connectivity index (χ4v) is 6.30. The highest BCUT2D eigenvalue weighted by atomic mass is 16.5. The maximum absolute atomic E-state index is 5.53. The summed E-state index contributed by atoms with van der Waals surface area (Å²) in [5.74, 6) is 3.38. The molecule has 7 nitrogen and oxygen atoms in total. The lowest BCUT2D eigenvalue weighted by Crippen LogP contribution is -2.32. The zero-order valence-electron chi connectivity index (χ0n) is 19.7. The van der Waals surface area contributed by atoms with Gasteiger partial charge in [0.1, 0.15) is 5.82 Å². The fraction of sp³-hybridized carbons (Fsp3) is 0.577. The van der Waals surface area contributed by atoms with Gasteiger partial charge in [-0.25, -0.2) is 0 Å². The van der Waals surface area contributed by atoms with Gasteiger partial charge >= 0.3 is 0 Å². The summed E-state index contributed by atoms with van der Waals surface area (Å²) in [5.41, 5.74) is 4.19. The number of ether oxygens (including phenoxy) is 1. The topological polar surface area (TPSA) is 68.1 Å². The van der Waals surface area contributed by atoms with Crippen molar-refractivity contribution in [1.82, 2.24) is 24.9 Å². The van der Waals surface area contributed by atoms with Crippen LogP contribution < -0.4 is 5.32 Å². The van der Waals surface area contributed by atoms with Crippen molar-refractivity contribution in [2.45, 2.75) is 38.6 Å². The summed E-state index contributed by atoms with van der Waals surface area (Å²) in [6.45, 7) is 7.83. The molecule has 1 N–H and O–H groups in total. The van der Waals surface area contributed by atoms with Crippen LogP contribution in [0.1, 0.15) is 31.2 Å². The lowest BCUT2D eigenvalue weighted by atomic mass is 10.00. The summed E-state index contributed by atoms with van der Waals surface area (Å²) >= 11 is 0. The van der Waals surface area contributed by atoms with Crippen molar-refractivity contribution in [2.75, 3.05) is 38.2 Å². The van der Waals surface area contributed by atoms with Crippen molar-refractivity contribution in [3.8, 4) is 11.3 Å². The van der Waals surface area contributed by atoms with Crippen molar-refractivity contribution in [3.63, 3.8) is 0 Å². The summed E-state index contributed by atoms with van der Waals surface area (Å²) in [4.78, 5) is 2.72. The summed E-state index contributed by atoms with van der Waals surface area (Å²) in [5, 5.41) is 18.4. The Morgan fingerprint density at radius 1 is 1.06 bits per heavy atom. The molecule has 2 aromatic heterocycles. The van der Waals surface area contributed by atoms with Crippen molar-refractivity contribution >= 4 is 16.7 Å². The Morgan fingerprint density at radius 2 is 1.85 bits per heavy atom. The third-order valence-electron chi connectivity index (χ3n) is 7.91. The molecule has 1 aromatic carbocycles. The molecule has 3 aromatic rings. The molecule has 2 atom stereocenters. The van der Waals surface area contributed by atoms with Crippen molar-refractivity contribution < 1.29 is 4.74 Å². The van der Waals surface area contributed by atoms with Crippen LogP contribution in [-0.2, 0) is 11.8 Å². The molecule has 3 aliphatic rings. The van der Waals surface area contributed by atoms with E-state index < -0.39 is 0 Å². The Kier molecular flexibility index (Phi) is 5.54. The van der Waals surface area contributed by atoms with Crippen molar-refractivity contribution in [3.05, 3.63) is 36.0 Å². The third kappa shape index (κ3) is 4.36. The summed E-state index contributed by atoms with van der Waals surface area (Å²) in [7, 11) is 1.95. The minimum absolute atomic E-state index is 0.511. The molecule has 33 heavy (non-hydrogen) atoms. The van der Waals surface area contributed by atoms with Crippen LogP contribution in [0.5, 0.6) is 0 Å². The van der Waals surface area contributed by atoms with Crippen LogP contribution in [0.25, 0.3) is 22.2 Å². The van der Waals surface area contributed by atoms with Crippen LogP contribution >= 0.6 is 0 Å². The van der Waals surface area contributed by atoms with E-state index in [1.807, 2.05) is 17.9 Å². The predicted octanol–water partition coefficient (Wildman–Crippen LogP) is 3.89. The van der Waals surface area contributed by atoms with E-state index in [0.29, 0.717) is 6.04 Å². The molecule has 2 saturated heterocycles. The van der Waals surface area contributed by atoms with Gasteiger partial charge in [0, 0.05) is 63.1 Å². The van der Waals surface area contributed by atoms with Gasteiger partial charge in [-0.1, -0.05) is 6.07 Å². The van der Waals surface area contributed by atoms with Gasteiger partial charge < -0.3 is 15.0 Å². The van der Waals surface area contributed by atoms with E-state index in [-0.39, 0.29) is 0 Å². The Labute approximate surface area is 195 Å². The SMILES string of the molecule is Cc1cc(NC2C[C@@H]3CN(CC4CCOCC4)C[C@H]3C2)nnc1-c1ccc2nn(C)cc2c1. The van der Waals surface area contributed by atoms with E-state index in [1.54, 1.807) is 0 Å². The summed E-state index contributed by atoms with van der Waals surface area (Å²) in [6.07, 6.45) is 7.00. The van der Waals surface area contributed by atoms with E-state index in [2.05, 4.69) is 56.7 Å². The number of rotatable bonds is 5. The van der Waals surface area contributed by atoms with E-state index in [4.69, 9.17) is 4.74 Å². The highest BCUT2D eigenvalue weighted by Crippen LogP contribution is 2.40. The molecule has 0 spiro atoms. The molecule has 1 aliphatic carbocycles. The molecule has 174 valence electrons. The molecule has 2 aliphatic heterocycles. The first-order valence-corrected chi connectivity index (χ1v) is 12.5. The minimum Gasteiger partial charge on any atom is -0.381 e. The van der Waals surface area contributed by atoms with Gasteiger partial charge in [-0.15, -0.1) is 10.2 Å². The number of hydrogen-bond donors (Lipinski definition) is 1. The number of benzene rings is 1. The van der Waals surface area contributed by atoms with Crippen molar-refractivity contribution in [1.29, 1.82) is 0 Å². The molecule has 6 rings (SSSR count). The molecule has 4 heterocycles. The monoisotopic (exact) mass is 446 g/mol. The lowest BCUT2D eigenvalue weighted by Gasteiger charge is -2.27. The highest BCUT2D eigenvalue weighted by molar-refractivity contribution is 5.84. The number of fused-ring (bicyclic) bond motifs is 2.